The van der Waals surface area contributed by atoms with Crippen LogP contribution in [0.25, 0.3) is 0 Å². The second-order valence-electron chi connectivity index (χ2n) is 4.48. The lowest BCUT2D eigenvalue weighted by Gasteiger charge is -2.13. The Labute approximate surface area is 108 Å². The number of rotatable bonds is 3. The molecule has 0 saturated carbocycles. The van der Waals surface area contributed by atoms with Crippen molar-refractivity contribution in [2.75, 3.05) is 5.32 Å². The molecule has 18 heavy (non-hydrogen) atoms. The Hall–Kier alpha value is -1.84. The van der Waals surface area contributed by atoms with Crippen LogP contribution in [0.3, 0.4) is 0 Å². The predicted octanol–water partition coefficient (Wildman–Crippen LogP) is 2.16. The summed E-state index contributed by atoms with van der Waals surface area (Å²) in [7, 11) is 0. The molecule has 0 aliphatic carbocycles. The molecule has 0 aromatic heterocycles. The summed E-state index contributed by atoms with van der Waals surface area (Å²) in [4.78, 5) is 23.3. The molecule has 0 radical (unpaired) electrons. The zero-order chi connectivity index (χ0) is 13.7. The van der Waals surface area contributed by atoms with Crippen LogP contribution in [0.5, 0.6) is 0 Å². The maximum atomic E-state index is 11.7. The van der Waals surface area contributed by atoms with Crippen molar-refractivity contribution in [3.63, 3.8) is 0 Å². The van der Waals surface area contributed by atoms with Gasteiger partial charge in [0, 0.05) is 11.7 Å². The van der Waals surface area contributed by atoms with Crippen molar-refractivity contribution < 1.29 is 9.59 Å². The third-order valence-corrected chi connectivity index (χ3v) is 3.05. The van der Waals surface area contributed by atoms with Gasteiger partial charge in [-0.25, -0.2) is 0 Å². The van der Waals surface area contributed by atoms with Crippen LogP contribution < -0.4 is 10.6 Å². The van der Waals surface area contributed by atoms with Crippen LogP contribution in [0.2, 0.25) is 0 Å². The largest absolute Gasteiger partial charge is 0.345 e. The number of carbonyl (C=O) groups excluding carboxylic acids is 2. The number of carbonyl (C=O) groups is 2. The molecule has 0 spiro atoms. The van der Waals surface area contributed by atoms with E-state index in [0.29, 0.717) is 5.69 Å². The Balaban J connectivity index is 2.70. The topological polar surface area (TPSA) is 58.2 Å². The van der Waals surface area contributed by atoms with E-state index in [9.17, 15) is 9.59 Å². The summed E-state index contributed by atoms with van der Waals surface area (Å²) in [5, 5.41) is 5.26. The average Bonchev–Trinajstić information content (AvgIpc) is 2.34. The smallest absolute Gasteiger partial charge is 0.313 e. The van der Waals surface area contributed by atoms with Gasteiger partial charge in [0.05, 0.1) is 0 Å². The molecule has 0 heterocycles. The van der Waals surface area contributed by atoms with Gasteiger partial charge in [0.15, 0.2) is 0 Å². The van der Waals surface area contributed by atoms with Gasteiger partial charge < -0.3 is 10.6 Å². The van der Waals surface area contributed by atoms with Crippen LogP contribution in [0.4, 0.5) is 5.69 Å². The minimum absolute atomic E-state index is 0.00172. The molecule has 2 amide bonds. The van der Waals surface area contributed by atoms with E-state index in [2.05, 4.69) is 10.6 Å². The van der Waals surface area contributed by atoms with Gasteiger partial charge >= 0.3 is 11.8 Å². The molecular weight excluding hydrogens is 228 g/mol. The van der Waals surface area contributed by atoms with E-state index in [1.54, 1.807) is 6.07 Å². The fourth-order valence-corrected chi connectivity index (χ4v) is 1.46. The van der Waals surface area contributed by atoms with E-state index < -0.39 is 11.8 Å². The molecule has 1 aromatic carbocycles. The van der Waals surface area contributed by atoms with E-state index in [1.807, 2.05) is 39.8 Å². The van der Waals surface area contributed by atoms with Gasteiger partial charge in [-0.15, -0.1) is 0 Å². The van der Waals surface area contributed by atoms with Gasteiger partial charge in [-0.2, -0.15) is 0 Å². The van der Waals surface area contributed by atoms with Gasteiger partial charge in [-0.05, 0) is 44.4 Å². The Morgan fingerprint density at radius 2 is 1.89 bits per heavy atom. The quantitative estimate of drug-likeness (QED) is 0.805. The van der Waals surface area contributed by atoms with E-state index in [-0.39, 0.29) is 6.04 Å². The number of hydrogen-bond acceptors (Lipinski definition) is 2. The second kappa shape index (κ2) is 6.19. The number of amides is 2. The molecular formula is C14H20N2O2. The van der Waals surface area contributed by atoms with Gasteiger partial charge in [0.25, 0.3) is 0 Å². The molecule has 4 nitrogen and oxygen atoms in total. The molecule has 98 valence electrons. The normalized spacial score (nSPS) is 11.8. The van der Waals surface area contributed by atoms with E-state index >= 15 is 0 Å². The number of anilines is 1. The van der Waals surface area contributed by atoms with Crippen molar-refractivity contribution in [1.82, 2.24) is 5.32 Å². The van der Waals surface area contributed by atoms with Crippen LogP contribution in [-0.4, -0.2) is 17.9 Å². The van der Waals surface area contributed by atoms with E-state index in [4.69, 9.17) is 0 Å². The highest BCUT2D eigenvalue weighted by Crippen LogP contribution is 2.17. The average molecular weight is 248 g/mol. The van der Waals surface area contributed by atoms with Crippen LogP contribution in [0, 0.1) is 13.8 Å². The summed E-state index contributed by atoms with van der Waals surface area (Å²) in [6.07, 6.45) is 0.794. The summed E-state index contributed by atoms with van der Waals surface area (Å²) >= 11 is 0. The highest BCUT2D eigenvalue weighted by molar-refractivity contribution is 6.39. The number of aryl methyl sites for hydroxylation is 1. The number of nitrogens with one attached hydrogen (secondary N) is 2. The van der Waals surface area contributed by atoms with Crippen molar-refractivity contribution in [2.45, 2.75) is 40.2 Å². The molecule has 0 fully saturated rings. The first-order valence-electron chi connectivity index (χ1n) is 6.13. The fraction of sp³-hybridized carbons (Fsp3) is 0.429. The minimum Gasteiger partial charge on any atom is -0.345 e. The Kier molecular flexibility index (Phi) is 4.89. The number of benzene rings is 1. The molecule has 1 unspecified atom stereocenters. The highest BCUT2D eigenvalue weighted by atomic mass is 16.2. The first kappa shape index (κ1) is 14.2. The lowest BCUT2D eigenvalue weighted by Crippen LogP contribution is -2.40. The standard InChI is InChI=1S/C14H20N2O2/c1-5-10(3)15-13(17)14(18)16-12-8-6-7-9(2)11(12)4/h6-8,10H,5H2,1-4H3,(H,15,17)(H,16,18). The zero-order valence-corrected chi connectivity index (χ0v) is 11.3. The highest BCUT2D eigenvalue weighted by Gasteiger charge is 2.16. The van der Waals surface area contributed by atoms with Crippen molar-refractivity contribution in [3.8, 4) is 0 Å². The molecule has 1 atom stereocenters. The summed E-state index contributed by atoms with van der Waals surface area (Å²) in [6.45, 7) is 7.69. The van der Waals surface area contributed by atoms with Crippen LogP contribution in [-0.2, 0) is 9.59 Å². The van der Waals surface area contributed by atoms with Gasteiger partial charge in [0.1, 0.15) is 0 Å². The van der Waals surface area contributed by atoms with Gasteiger partial charge in [-0.3, -0.25) is 9.59 Å². The van der Waals surface area contributed by atoms with E-state index in [1.165, 1.54) is 0 Å². The maximum absolute atomic E-state index is 11.7. The summed E-state index contributed by atoms with van der Waals surface area (Å²) in [6, 6.07) is 5.60. The van der Waals surface area contributed by atoms with Crippen molar-refractivity contribution in [2.24, 2.45) is 0 Å². The Morgan fingerprint density at radius 1 is 1.22 bits per heavy atom. The monoisotopic (exact) mass is 248 g/mol. The molecule has 0 bridgehead atoms. The molecule has 4 heteroatoms. The van der Waals surface area contributed by atoms with Crippen molar-refractivity contribution >= 4 is 17.5 Å². The minimum atomic E-state index is -0.621. The van der Waals surface area contributed by atoms with Crippen molar-refractivity contribution in [3.05, 3.63) is 29.3 Å². The number of hydrogen-bond donors (Lipinski definition) is 2. The molecule has 0 aliphatic heterocycles. The zero-order valence-electron chi connectivity index (χ0n) is 11.3. The summed E-state index contributed by atoms with van der Waals surface area (Å²) in [5.74, 6) is -1.21. The molecule has 0 saturated heterocycles. The lowest BCUT2D eigenvalue weighted by atomic mass is 10.1. The first-order chi connectivity index (χ1) is 8.45. The molecule has 2 N–H and O–H groups in total. The third kappa shape index (κ3) is 3.58. The van der Waals surface area contributed by atoms with E-state index in [0.717, 1.165) is 17.5 Å². The maximum Gasteiger partial charge on any atom is 0.313 e. The summed E-state index contributed by atoms with van der Waals surface area (Å²) < 4.78 is 0. The van der Waals surface area contributed by atoms with Crippen LogP contribution >= 0.6 is 0 Å². The third-order valence-electron chi connectivity index (χ3n) is 3.05. The van der Waals surface area contributed by atoms with Crippen LogP contribution in [0.1, 0.15) is 31.4 Å². The molecule has 0 aliphatic rings. The fourth-order valence-electron chi connectivity index (χ4n) is 1.46. The lowest BCUT2D eigenvalue weighted by molar-refractivity contribution is -0.136. The summed E-state index contributed by atoms with van der Waals surface area (Å²) in [5.41, 5.74) is 2.73. The first-order valence-corrected chi connectivity index (χ1v) is 6.13. The molecule has 1 aromatic rings. The van der Waals surface area contributed by atoms with Crippen LogP contribution in [0.15, 0.2) is 18.2 Å². The Morgan fingerprint density at radius 3 is 2.50 bits per heavy atom. The van der Waals surface area contributed by atoms with Crippen molar-refractivity contribution in [1.29, 1.82) is 0 Å². The molecule has 1 rings (SSSR count). The predicted molar refractivity (Wildman–Crippen MR) is 72.4 cm³/mol. The van der Waals surface area contributed by atoms with Gasteiger partial charge in [-0.1, -0.05) is 19.1 Å². The van der Waals surface area contributed by atoms with Gasteiger partial charge in [0.2, 0.25) is 0 Å². The second-order valence-corrected chi connectivity index (χ2v) is 4.48. The Bertz CT molecular complexity index is 455. The SMILES string of the molecule is CCC(C)NC(=O)C(=O)Nc1cccc(C)c1C.